The molecule has 0 bridgehead atoms. The molecule has 1 amide bonds. The molecule has 2 aromatic rings. The van der Waals surface area contributed by atoms with Gasteiger partial charge in [-0.1, -0.05) is 35.9 Å². The van der Waals surface area contributed by atoms with E-state index in [0.29, 0.717) is 17.1 Å². The third-order valence-corrected chi connectivity index (χ3v) is 4.45. The zero-order chi connectivity index (χ0) is 16.1. The van der Waals surface area contributed by atoms with Crippen molar-refractivity contribution < 1.29 is 4.79 Å². The first-order valence-corrected chi connectivity index (χ1v) is 8.39. The van der Waals surface area contributed by atoms with E-state index >= 15 is 0 Å². The summed E-state index contributed by atoms with van der Waals surface area (Å²) in [6.45, 7) is 0.501. The summed E-state index contributed by atoms with van der Waals surface area (Å²) in [5.74, 6) is -0.0718. The molecule has 3 nitrogen and oxygen atoms in total. The van der Waals surface area contributed by atoms with Crippen molar-refractivity contribution in [1.82, 2.24) is 10.2 Å². The third-order valence-electron chi connectivity index (χ3n) is 3.43. The fourth-order valence-electron chi connectivity index (χ4n) is 2.24. The average Bonchev–Trinajstić information content (AvgIpc) is 2.48. The Kier molecular flexibility index (Phi) is 6.23. The van der Waals surface area contributed by atoms with Crippen LogP contribution in [0.3, 0.4) is 0 Å². The normalized spacial score (nSPS) is 12.2. The molecule has 22 heavy (non-hydrogen) atoms. The third kappa shape index (κ3) is 4.44. The van der Waals surface area contributed by atoms with Crippen LogP contribution in [0.4, 0.5) is 0 Å². The number of halogens is 2. The Morgan fingerprint density at radius 1 is 1.23 bits per heavy atom. The molecule has 2 rings (SSSR count). The van der Waals surface area contributed by atoms with Crippen LogP contribution < -0.4 is 5.32 Å². The molecule has 0 radical (unpaired) electrons. The molecule has 0 saturated carbocycles. The quantitative estimate of drug-likeness (QED) is 0.731. The Hall–Kier alpha value is -1.11. The number of rotatable bonds is 5. The summed E-state index contributed by atoms with van der Waals surface area (Å²) in [6.07, 6.45) is 0. The highest BCUT2D eigenvalue weighted by Crippen LogP contribution is 2.25. The predicted molar refractivity (Wildman–Crippen MR) is 99.4 cm³/mol. The molecule has 0 aromatic heterocycles. The molecule has 0 aliphatic carbocycles. The molecule has 0 spiro atoms. The second kappa shape index (κ2) is 7.94. The molecule has 1 atom stereocenters. The number of hydrogen-bond acceptors (Lipinski definition) is 2. The van der Waals surface area contributed by atoms with Crippen molar-refractivity contribution in [2.45, 2.75) is 6.04 Å². The first kappa shape index (κ1) is 17.2. The van der Waals surface area contributed by atoms with Gasteiger partial charge in [0.2, 0.25) is 0 Å². The number of amides is 1. The van der Waals surface area contributed by atoms with Gasteiger partial charge in [-0.3, -0.25) is 4.79 Å². The SMILES string of the molecule is CN(C)C(CNC(=O)c1cccc(I)c1)c1ccccc1Cl. The number of carbonyl (C=O) groups excluding carboxylic acids is 1. The van der Waals surface area contributed by atoms with Crippen molar-refractivity contribution in [1.29, 1.82) is 0 Å². The largest absolute Gasteiger partial charge is 0.350 e. The Morgan fingerprint density at radius 2 is 1.95 bits per heavy atom. The van der Waals surface area contributed by atoms with Gasteiger partial charge in [0.1, 0.15) is 0 Å². The molecule has 0 aliphatic heterocycles. The van der Waals surface area contributed by atoms with Gasteiger partial charge >= 0.3 is 0 Å². The maximum atomic E-state index is 12.3. The highest BCUT2D eigenvalue weighted by Gasteiger charge is 2.18. The van der Waals surface area contributed by atoms with Crippen LogP contribution in [0.5, 0.6) is 0 Å². The van der Waals surface area contributed by atoms with E-state index < -0.39 is 0 Å². The van der Waals surface area contributed by atoms with Gasteiger partial charge in [-0.15, -0.1) is 0 Å². The van der Waals surface area contributed by atoms with Gasteiger partial charge in [-0.25, -0.2) is 0 Å². The molecule has 0 saturated heterocycles. The molecule has 5 heteroatoms. The molecule has 0 aliphatic rings. The lowest BCUT2D eigenvalue weighted by atomic mass is 10.1. The fourth-order valence-corrected chi connectivity index (χ4v) is 3.04. The fraction of sp³-hybridized carbons (Fsp3) is 0.235. The van der Waals surface area contributed by atoms with Crippen molar-refractivity contribution in [3.8, 4) is 0 Å². The van der Waals surface area contributed by atoms with Crippen LogP contribution in [0, 0.1) is 3.57 Å². The first-order chi connectivity index (χ1) is 10.5. The van der Waals surface area contributed by atoms with E-state index in [4.69, 9.17) is 11.6 Å². The van der Waals surface area contributed by atoms with Crippen LogP contribution in [-0.4, -0.2) is 31.4 Å². The summed E-state index contributed by atoms with van der Waals surface area (Å²) >= 11 is 8.47. The first-order valence-electron chi connectivity index (χ1n) is 6.93. The average molecular weight is 429 g/mol. The lowest BCUT2D eigenvalue weighted by Crippen LogP contribution is -2.34. The Bertz CT molecular complexity index is 661. The summed E-state index contributed by atoms with van der Waals surface area (Å²) in [4.78, 5) is 14.3. The monoisotopic (exact) mass is 428 g/mol. The van der Waals surface area contributed by atoms with Crippen LogP contribution in [0.15, 0.2) is 48.5 Å². The predicted octanol–water partition coefficient (Wildman–Crippen LogP) is 3.98. The van der Waals surface area contributed by atoms with Crippen LogP contribution in [-0.2, 0) is 0 Å². The molecule has 0 fully saturated rings. The smallest absolute Gasteiger partial charge is 0.251 e. The number of benzene rings is 2. The number of likely N-dealkylation sites (N-methyl/N-ethyl adjacent to an activating group) is 1. The zero-order valence-electron chi connectivity index (χ0n) is 12.5. The number of nitrogens with zero attached hydrogens (tertiary/aromatic N) is 1. The van der Waals surface area contributed by atoms with Crippen LogP contribution >= 0.6 is 34.2 Å². The molecule has 1 N–H and O–H groups in total. The molecular formula is C17H18ClIN2O. The second-order valence-corrected chi connectivity index (χ2v) is 6.87. The van der Waals surface area contributed by atoms with E-state index in [9.17, 15) is 4.79 Å². The maximum Gasteiger partial charge on any atom is 0.251 e. The van der Waals surface area contributed by atoms with Crippen LogP contribution in [0.1, 0.15) is 22.0 Å². The topological polar surface area (TPSA) is 32.3 Å². The standard InChI is InChI=1S/C17H18ClIN2O/c1-21(2)16(14-8-3-4-9-15(14)18)11-20-17(22)12-6-5-7-13(19)10-12/h3-10,16H,11H2,1-2H3,(H,20,22). The van der Waals surface area contributed by atoms with Crippen molar-refractivity contribution in [3.63, 3.8) is 0 Å². The van der Waals surface area contributed by atoms with E-state index in [1.54, 1.807) is 0 Å². The number of carbonyl (C=O) groups is 1. The van der Waals surface area contributed by atoms with Crippen LogP contribution in [0.2, 0.25) is 5.02 Å². The summed E-state index contributed by atoms with van der Waals surface area (Å²) in [5, 5.41) is 3.70. The van der Waals surface area contributed by atoms with Gasteiger partial charge < -0.3 is 10.2 Å². The number of nitrogens with one attached hydrogen (secondary N) is 1. The van der Waals surface area contributed by atoms with Gasteiger partial charge in [0.25, 0.3) is 5.91 Å². The lowest BCUT2D eigenvalue weighted by Gasteiger charge is -2.26. The maximum absolute atomic E-state index is 12.3. The van der Waals surface area contributed by atoms with E-state index in [0.717, 1.165) is 9.13 Å². The summed E-state index contributed by atoms with van der Waals surface area (Å²) in [6, 6.07) is 15.3. The Morgan fingerprint density at radius 3 is 2.59 bits per heavy atom. The van der Waals surface area contributed by atoms with Crippen molar-refractivity contribution in [2.24, 2.45) is 0 Å². The van der Waals surface area contributed by atoms with Crippen LogP contribution in [0.25, 0.3) is 0 Å². The van der Waals surface area contributed by atoms with E-state index in [-0.39, 0.29) is 11.9 Å². The van der Waals surface area contributed by atoms with Gasteiger partial charge in [0.05, 0.1) is 6.04 Å². The van der Waals surface area contributed by atoms with Crippen molar-refractivity contribution in [2.75, 3.05) is 20.6 Å². The highest BCUT2D eigenvalue weighted by atomic mass is 127. The minimum atomic E-state index is -0.0718. The second-order valence-electron chi connectivity index (χ2n) is 5.22. The molecule has 116 valence electrons. The molecule has 1 unspecified atom stereocenters. The van der Waals surface area contributed by atoms with E-state index in [1.165, 1.54) is 0 Å². The van der Waals surface area contributed by atoms with E-state index in [2.05, 4.69) is 32.8 Å². The van der Waals surface area contributed by atoms with E-state index in [1.807, 2.05) is 62.6 Å². The molecule has 2 aromatic carbocycles. The summed E-state index contributed by atoms with van der Waals surface area (Å²) in [7, 11) is 3.96. The van der Waals surface area contributed by atoms with Gasteiger partial charge in [0.15, 0.2) is 0 Å². The number of hydrogen-bond donors (Lipinski definition) is 1. The minimum Gasteiger partial charge on any atom is -0.350 e. The summed E-state index contributed by atoms with van der Waals surface area (Å²) < 4.78 is 1.04. The van der Waals surface area contributed by atoms with Gasteiger partial charge in [0, 0.05) is 20.7 Å². The summed E-state index contributed by atoms with van der Waals surface area (Å²) in [5.41, 5.74) is 1.68. The highest BCUT2D eigenvalue weighted by molar-refractivity contribution is 14.1. The zero-order valence-corrected chi connectivity index (χ0v) is 15.4. The minimum absolute atomic E-state index is 0.0282. The molecular weight excluding hydrogens is 411 g/mol. The Balaban J connectivity index is 2.10. The van der Waals surface area contributed by atoms with Crippen molar-refractivity contribution >= 4 is 40.1 Å². The van der Waals surface area contributed by atoms with Crippen molar-refractivity contribution in [3.05, 3.63) is 68.3 Å². The van der Waals surface area contributed by atoms with Gasteiger partial charge in [-0.2, -0.15) is 0 Å². The Labute approximate surface area is 149 Å². The molecule has 0 heterocycles. The van der Waals surface area contributed by atoms with Gasteiger partial charge in [-0.05, 0) is 66.5 Å². The lowest BCUT2D eigenvalue weighted by molar-refractivity contribution is 0.0942.